The average Bonchev–Trinajstić information content (AvgIpc) is 2.48. The lowest BCUT2D eigenvalue weighted by Crippen LogP contribution is -2.13. The smallest absolute Gasteiger partial charge is 0.0702 e. The Morgan fingerprint density at radius 1 is 1.00 bits per heavy atom. The third-order valence-corrected chi connectivity index (χ3v) is 3.61. The van der Waals surface area contributed by atoms with Crippen molar-refractivity contribution in [1.82, 2.24) is 9.88 Å². The quantitative estimate of drug-likeness (QED) is 0.748. The van der Waals surface area contributed by atoms with Crippen molar-refractivity contribution in [3.63, 3.8) is 0 Å². The summed E-state index contributed by atoms with van der Waals surface area (Å²) in [5.41, 5.74) is 4.59. The minimum absolute atomic E-state index is 0.512. The molecule has 0 amide bonds. The molecule has 0 saturated heterocycles. The molecule has 0 atom stereocenters. The number of rotatable bonds is 6. The molecule has 106 valence electrons. The van der Waals surface area contributed by atoms with Crippen molar-refractivity contribution in [3.8, 4) is 11.3 Å². The lowest BCUT2D eigenvalue weighted by Gasteiger charge is -2.09. The molecular formula is C17H21ClN2. The van der Waals surface area contributed by atoms with Crippen molar-refractivity contribution < 1.29 is 0 Å². The van der Waals surface area contributed by atoms with Crippen LogP contribution in [-0.2, 0) is 12.3 Å². The predicted molar refractivity (Wildman–Crippen MR) is 86.1 cm³/mol. The Hall–Kier alpha value is -1.38. The molecular weight excluding hydrogens is 268 g/mol. The van der Waals surface area contributed by atoms with Gasteiger partial charge in [-0.3, -0.25) is 4.98 Å². The zero-order valence-electron chi connectivity index (χ0n) is 12.1. The van der Waals surface area contributed by atoms with Crippen molar-refractivity contribution in [2.24, 2.45) is 0 Å². The fraction of sp³-hybridized carbons (Fsp3) is 0.353. The third kappa shape index (κ3) is 4.32. The Balaban J connectivity index is 1.99. The first-order valence-corrected chi connectivity index (χ1v) is 7.47. The minimum atomic E-state index is 0.512. The first-order valence-electron chi connectivity index (χ1n) is 6.94. The number of hydrogen-bond donors (Lipinski definition) is 0. The van der Waals surface area contributed by atoms with Gasteiger partial charge in [0.1, 0.15) is 0 Å². The standard InChI is InChI=1S/C17H21ClN2/c1-20(2)11-3-4-14-5-8-16(9-6-14)17-10-7-15(12-18)13-19-17/h5-10,13H,3-4,11-12H2,1-2H3. The molecule has 0 N–H and O–H groups in total. The Labute approximate surface area is 126 Å². The van der Waals surface area contributed by atoms with E-state index in [9.17, 15) is 0 Å². The Kier molecular flexibility index (Phi) is 5.57. The van der Waals surface area contributed by atoms with Crippen molar-refractivity contribution in [1.29, 1.82) is 0 Å². The molecule has 0 fully saturated rings. The summed E-state index contributed by atoms with van der Waals surface area (Å²) in [5, 5.41) is 0. The van der Waals surface area contributed by atoms with Gasteiger partial charge in [-0.25, -0.2) is 0 Å². The van der Waals surface area contributed by atoms with E-state index in [2.05, 4.69) is 48.2 Å². The van der Waals surface area contributed by atoms with Crippen molar-refractivity contribution in [2.45, 2.75) is 18.7 Å². The third-order valence-electron chi connectivity index (χ3n) is 3.30. The second kappa shape index (κ2) is 7.41. The van der Waals surface area contributed by atoms with Crippen LogP contribution in [0.3, 0.4) is 0 Å². The normalized spacial score (nSPS) is 11.0. The van der Waals surface area contributed by atoms with E-state index in [0.717, 1.165) is 29.8 Å². The van der Waals surface area contributed by atoms with Gasteiger partial charge in [0, 0.05) is 17.6 Å². The van der Waals surface area contributed by atoms with Gasteiger partial charge in [0.2, 0.25) is 0 Å². The summed E-state index contributed by atoms with van der Waals surface area (Å²) in [6.45, 7) is 1.13. The molecule has 0 radical (unpaired) electrons. The first kappa shape index (κ1) is 15.0. The molecule has 1 aromatic carbocycles. The van der Waals surface area contributed by atoms with E-state index in [-0.39, 0.29) is 0 Å². The number of halogens is 1. The summed E-state index contributed by atoms with van der Waals surface area (Å²) >= 11 is 5.77. The van der Waals surface area contributed by atoms with E-state index in [1.807, 2.05) is 18.3 Å². The molecule has 0 aliphatic carbocycles. The van der Waals surface area contributed by atoms with E-state index in [0.29, 0.717) is 5.88 Å². The van der Waals surface area contributed by atoms with Crippen LogP contribution in [0.25, 0.3) is 11.3 Å². The highest BCUT2D eigenvalue weighted by molar-refractivity contribution is 6.17. The summed E-state index contributed by atoms with van der Waals surface area (Å²) in [6.07, 6.45) is 4.15. The van der Waals surface area contributed by atoms with Crippen LogP contribution < -0.4 is 0 Å². The van der Waals surface area contributed by atoms with Gasteiger partial charge in [0.25, 0.3) is 0 Å². The molecule has 20 heavy (non-hydrogen) atoms. The first-order chi connectivity index (χ1) is 9.69. The van der Waals surface area contributed by atoms with E-state index < -0.39 is 0 Å². The van der Waals surface area contributed by atoms with E-state index >= 15 is 0 Å². The van der Waals surface area contributed by atoms with E-state index in [1.165, 1.54) is 12.0 Å². The van der Waals surface area contributed by atoms with Crippen LogP contribution in [0.1, 0.15) is 17.5 Å². The molecule has 2 rings (SSSR count). The van der Waals surface area contributed by atoms with Crippen LogP contribution in [0.15, 0.2) is 42.6 Å². The number of nitrogens with zero attached hydrogens (tertiary/aromatic N) is 2. The zero-order valence-corrected chi connectivity index (χ0v) is 12.9. The Morgan fingerprint density at radius 3 is 2.25 bits per heavy atom. The van der Waals surface area contributed by atoms with Gasteiger partial charge >= 0.3 is 0 Å². The molecule has 1 heterocycles. The molecule has 0 spiro atoms. The van der Waals surface area contributed by atoms with Gasteiger partial charge in [0.05, 0.1) is 5.69 Å². The number of pyridine rings is 1. The van der Waals surface area contributed by atoms with Crippen LogP contribution in [0.4, 0.5) is 0 Å². The SMILES string of the molecule is CN(C)CCCc1ccc(-c2ccc(CCl)cn2)cc1. The summed E-state index contributed by atoms with van der Waals surface area (Å²) in [4.78, 5) is 6.66. The molecule has 0 unspecified atom stereocenters. The van der Waals surface area contributed by atoms with Gasteiger partial charge in [-0.15, -0.1) is 11.6 Å². The van der Waals surface area contributed by atoms with Crippen LogP contribution >= 0.6 is 11.6 Å². The van der Waals surface area contributed by atoms with Crippen molar-refractivity contribution in [3.05, 3.63) is 53.7 Å². The monoisotopic (exact) mass is 288 g/mol. The van der Waals surface area contributed by atoms with Crippen LogP contribution in [0.2, 0.25) is 0 Å². The number of hydrogen-bond acceptors (Lipinski definition) is 2. The molecule has 1 aromatic heterocycles. The summed E-state index contributed by atoms with van der Waals surface area (Å²) in [5.74, 6) is 0.512. The maximum Gasteiger partial charge on any atom is 0.0702 e. The molecule has 2 aromatic rings. The van der Waals surface area contributed by atoms with Crippen LogP contribution in [-0.4, -0.2) is 30.5 Å². The Morgan fingerprint density at radius 2 is 1.70 bits per heavy atom. The van der Waals surface area contributed by atoms with Crippen molar-refractivity contribution >= 4 is 11.6 Å². The number of alkyl halides is 1. The number of aryl methyl sites for hydroxylation is 1. The van der Waals surface area contributed by atoms with Crippen LogP contribution in [0, 0.1) is 0 Å². The molecule has 0 aliphatic heterocycles. The average molecular weight is 289 g/mol. The fourth-order valence-corrected chi connectivity index (χ4v) is 2.27. The van der Waals surface area contributed by atoms with E-state index in [1.54, 1.807) is 0 Å². The molecule has 0 bridgehead atoms. The lowest BCUT2D eigenvalue weighted by molar-refractivity contribution is 0.400. The summed E-state index contributed by atoms with van der Waals surface area (Å²) in [6, 6.07) is 12.7. The summed E-state index contributed by atoms with van der Waals surface area (Å²) in [7, 11) is 4.22. The highest BCUT2D eigenvalue weighted by Gasteiger charge is 2.00. The van der Waals surface area contributed by atoms with Crippen LogP contribution in [0.5, 0.6) is 0 Å². The fourth-order valence-electron chi connectivity index (χ4n) is 2.12. The van der Waals surface area contributed by atoms with Gasteiger partial charge in [-0.2, -0.15) is 0 Å². The van der Waals surface area contributed by atoms with Gasteiger partial charge in [-0.1, -0.05) is 30.3 Å². The van der Waals surface area contributed by atoms with Gasteiger partial charge in [-0.05, 0) is 50.7 Å². The molecule has 0 saturated carbocycles. The molecule has 2 nitrogen and oxygen atoms in total. The largest absolute Gasteiger partial charge is 0.309 e. The molecule has 3 heteroatoms. The maximum absolute atomic E-state index is 5.77. The van der Waals surface area contributed by atoms with Crippen molar-refractivity contribution in [2.75, 3.05) is 20.6 Å². The topological polar surface area (TPSA) is 16.1 Å². The molecule has 0 aliphatic rings. The van der Waals surface area contributed by atoms with Gasteiger partial charge < -0.3 is 4.90 Å². The van der Waals surface area contributed by atoms with E-state index in [4.69, 9.17) is 11.6 Å². The number of benzene rings is 1. The lowest BCUT2D eigenvalue weighted by atomic mass is 10.0. The minimum Gasteiger partial charge on any atom is -0.309 e. The predicted octanol–water partition coefficient (Wildman–Crippen LogP) is 3.98. The maximum atomic E-state index is 5.77. The zero-order chi connectivity index (χ0) is 14.4. The highest BCUT2D eigenvalue weighted by atomic mass is 35.5. The highest BCUT2D eigenvalue weighted by Crippen LogP contribution is 2.18. The second-order valence-electron chi connectivity index (χ2n) is 5.29. The van der Waals surface area contributed by atoms with Gasteiger partial charge in [0.15, 0.2) is 0 Å². The second-order valence-corrected chi connectivity index (χ2v) is 5.56. The number of aromatic nitrogens is 1. The summed E-state index contributed by atoms with van der Waals surface area (Å²) < 4.78 is 0. The Bertz CT molecular complexity index is 518.